The molecule has 0 aromatic heterocycles. The predicted octanol–water partition coefficient (Wildman–Crippen LogP) is 2.64. The van der Waals surface area contributed by atoms with Crippen molar-refractivity contribution in [1.29, 1.82) is 0 Å². The van der Waals surface area contributed by atoms with E-state index in [0.717, 1.165) is 17.1 Å². The van der Waals surface area contributed by atoms with Gasteiger partial charge in [-0.05, 0) is 32.2 Å². The first kappa shape index (κ1) is 19.0. The number of nitrogens with zero attached hydrogens (tertiary/aromatic N) is 1. The first-order chi connectivity index (χ1) is 13.1. The Morgan fingerprint density at radius 2 is 1.93 bits per heavy atom. The first-order valence-electron chi connectivity index (χ1n) is 9.07. The summed E-state index contributed by atoms with van der Waals surface area (Å²) in [6.07, 6.45) is -0.194. The number of methoxy groups -OCH3 is 1. The van der Waals surface area contributed by atoms with Crippen molar-refractivity contribution in [3.63, 3.8) is 0 Å². The van der Waals surface area contributed by atoms with Gasteiger partial charge in [-0.1, -0.05) is 30.3 Å². The molecule has 0 bridgehead atoms. The first-order valence-corrected chi connectivity index (χ1v) is 9.07. The molecule has 0 saturated carbocycles. The summed E-state index contributed by atoms with van der Waals surface area (Å²) in [5.41, 5.74) is 1.05. The number of rotatable bonds is 7. The quantitative estimate of drug-likeness (QED) is 0.812. The van der Waals surface area contributed by atoms with Crippen molar-refractivity contribution in [2.24, 2.45) is 0 Å². The number of benzene rings is 2. The van der Waals surface area contributed by atoms with Crippen molar-refractivity contribution in [2.45, 2.75) is 19.1 Å². The van der Waals surface area contributed by atoms with Crippen molar-refractivity contribution >= 4 is 5.91 Å². The highest BCUT2D eigenvalue weighted by Crippen LogP contribution is 2.30. The number of likely N-dealkylation sites (N-methyl/N-ethyl adjacent to an activating group) is 1. The highest BCUT2D eigenvalue weighted by atomic mass is 16.6. The zero-order valence-corrected chi connectivity index (χ0v) is 16.0. The van der Waals surface area contributed by atoms with Crippen LogP contribution in [0.1, 0.15) is 18.5 Å². The van der Waals surface area contributed by atoms with Crippen LogP contribution >= 0.6 is 0 Å². The topological polar surface area (TPSA) is 60.0 Å². The lowest BCUT2D eigenvalue weighted by Gasteiger charge is -2.28. The molecule has 2 atom stereocenters. The molecule has 2 aromatic carbocycles. The van der Waals surface area contributed by atoms with Gasteiger partial charge in [0.1, 0.15) is 18.5 Å². The van der Waals surface area contributed by atoms with Crippen LogP contribution in [0.15, 0.2) is 48.5 Å². The SMILES string of the molecule is COc1ccccc1C(C)N(C)CC(=O)NCC1COc2ccccc2O1. The summed E-state index contributed by atoms with van der Waals surface area (Å²) in [5, 5.41) is 2.93. The monoisotopic (exact) mass is 370 g/mol. The third-order valence-electron chi connectivity index (χ3n) is 4.74. The van der Waals surface area contributed by atoms with E-state index in [1.165, 1.54) is 0 Å². The molecule has 27 heavy (non-hydrogen) atoms. The molecule has 3 rings (SSSR count). The minimum atomic E-state index is -0.194. The Balaban J connectivity index is 1.49. The summed E-state index contributed by atoms with van der Waals surface area (Å²) in [6, 6.07) is 15.4. The van der Waals surface area contributed by atoms with E-state index in [4.69, 9.17) is 14.2 Å². The van der Waals surface area contributed by atoms with Gasteiger partial charge in [-0.3, -0.25) is 9.69 Å². The molecule has 1 aliphatic rings. The van der Waals surface area contributed by atoms with E-state index in [9.17, 15) is 4.79 Å². The molecule has 2 unspecified atom stereocenters. The van der Waals surface area contributed by atoms with Crippen LogP contribution in [-0.4, -0.2) is 50.8 Å². The maximum absolute atomic E-state index is 12.4. The van der Waals surface area contributed by atoms with Crippen molar-refractivity contribution in [1.82, 2.24) is 10.2 Å². The summed E-state index contributed by atoms with van der Waals surface area (Å²) in [5.74, 6) is 2.22. The fraction of sp³-hybridized carbons (Fsp3) is 0.381. The van der Waals surface area contributed by atoms with Crippen molar-refractivity contribution in [2.75, 3.05) is 33.9 Å². The zero-order chi connectivity index (χ0) is 19.2. The fourth-order valence-electron chi connectivity index (χ4n) is 3.06. The van der Waals surface area contributed by atoms with E-state index in [0.29, 0.717) is 18.9 Å². The number of carbonyl (C=O) groups excluding carboxylic acids is 1. The second kappa shape index (κ2) is 8.77. The molecule has 0 spiro atoms. The average Bonchev–Trinajstić information content (AvgIpc) is 2.71. The average molecular weight is 370 g/mol. The van der Waals surface area contributed by atoms with E-state index in [-0.39, 0.29) is 24.6 Å². The van der Waals surface area contributed by atoms with E-state index in [1.54, 1.807) is 7.11 Å². The highest BCUT2D eigenvalue weighted by Gasteiger charge is 2.22. The van der Waals surface area contributed by atoms with Gasteiger partial charge < -0.3 is 19.5 Å². The van der Waals surface area contributed by atoms with Gasteiger partial charge in [-0.25, -0.2) is 0 Å². The van der Waals surface area contributed by atoms with E-state index < -0.39 is 0 Å². The van der Waals surface area contributed by atoms with Crippen LogP contribution in [0.2, 0.25) is 0 Å². The van der Waals surface area contributed by atoms with Crippen LogP contribution < -0.4 is 19.5 Å². The molecule has 0 radical (unpaired) electrons. The van der Waals surface area contributed by atoms with E-state index in [2.05, 4.69) is 12.2 Å². The minimum absolute atomic E-state index is 0.0491. The smallest absolute Gasteiger partial charge is 0.234 e. The zero-order valence-electron chi connectivity index (χ0n) is 16.0. The van der Waals surface area contributed by atoms with Crippen molar-refractivity contribution < 1.29 is 19.0 Å². The Hall–Kier alpha value is -2.73. The second-order valence-corrected chi connectivity index (χ2v) is 6.63. The summed E-state index contributed by atoms with van der Waals surface area (Å²) >= 11 is 0. The van der Waals surface area contributed by atoms with Gasteiger partial charge in [0.2, 0.25) is 5.91 Å². The van der Waals surface area contributed by atoms with Crippen molar-refractivity contribution in [3.05, 3.63) is 54.1 Å². The van der Waals surface area contributed by atoms with Gasteiger partial charge in [0.25, 0.3) is 0 Å². The van der Waals surface area contributed by atoms with Crippen LogP contribution in [0.4, 0.5) is 0 Å². The second-order valence-electron chi connectivity index (χ2n) is 6.63. The van der Waals surface area contributed by atoms with Crippen LogP contribution in [0.3, 0.4) is 0 Å². The summed E-state index contributed by atoms with van der Waals surface area (Å²) in [7, 11) is 3.58. The molecule has 144 valence electrons. The number of hydrogen-bond donors (Lipinski definition) is 1. The molecule has 6 heteroatoms. The van der Waals surface area contributed by atoms with E-state index >= 15 is 0 Å². The number of ether oxygens (including phenoxy) is 3. The molecule has 1 amide bonds. The molecular weight excluding hydrogens is 344 g/mol. The standard InChI is InChI=1S/C21H26N2O4/c1-15(17-8-4-5-9-18(17)25-3)23(2)13-21(24)22-12-16-14-26-19-10-6-7-11-20(19)27-16/h4-11,15-16H,12-14H2,1-3H3,(H,22,24). The largest absolute Gasteiger partial charge is 0.496 e. The number of nitrogens with one attached hydrogen (secondary N) is 1. The summed E-state index contributed by atoms with van der Waals surface area (Å²) in [4.78, 5) is 14.3. The summed E-state index contributed by atoms with van der Waals surface area (Å²) in [6.45, 7) is 3.17. The predicted molar refractivity (Wildman–Crippen MR) is 103 cm³/mol. The Bertz CT molecular complexity index is 780. The lowest BCUT2D eigenvalue weighted by atomic mass is 10.1. The highest BCUT2D eigenvalue weighted by molar-refractivity contribution is 5.78. The molecule has 1 aliphatic heterocycles. The number of para-hydroxylation sites is 3. The van der Waals surface area contributed by atoms with Gasteiger partial charge in [-0.15, -0.1) is 0 Å². The third-order valence-corrected chi connectivity index (χ3v) is 4.74. The Morgan fingerprint density at radius 3 is 2.70 bits per heavy atom. The lowest BCUT2D eigenvalue weighted by molar-refractivity contribution is -0.122. The van der Waals surface area contributed by atoms with Gasteiger partial charge >= 0.3 is 0 Å². The lowest BCUT2D eigenvalue weighted by Crippen LogP contribution is -2.44. The molecule has 0 aliphatic carbocycles. The molecule has 1 N–H and O–H groups in total. The van der Waals surface area contributed by atoms with Gasteiger partial charge in [0, 0.05) is 11.6 Å². The molecule has 2 aromatic rings. The maximum atomic E-state index is 12.4. The Kier molecular flexibility index (Phi) is 6.19. The molecule has 1 heterocycles. The van der Waals surface area contributed by atoms with Crippen LogP contribution in [0.25, 0.3) is 0 Å². The Labute approximate surface area is 160 Å². The number of amides is 1. The fourth-order valence-corrected chi connectivity index (χ4v) is 3.06. The molecule has 0 fully saturated rings. The number of carbonyl (C=O) groups is 1. The summed E-state index contributed by atoms with van der Waals surface area (Å²) < 4.78 is 17.0. The third kappa shape index (κ3) is 4.71. The number of fused-ring (bicyclic) bond motifs is 1. The van der Waals surface area contributed by atoms with Crippen LogP contribution in [0.5, 0.6) is 17.2 Å². The van der Waals surface area contributed by atoms with Gasteiger partial charge in [0.05, 0.1) is 20.2 Å². The van der Waals surface area contributed by atoms with Crippen LogP contribution in [0, 0.1) is 0 Å². The normalized spacial score (nSPS) is 16.7. The number of hydrogen-bond acceptors (Lipinski definition) is 5. The molecular formula is C21H26N2O4. The maximum Gasteiger partial charge on any atom is 0.234 e. The van der Waals surface area contributed by atoms with Gasteiger partial charge in [-0.2, -0.15) is 0 Å². The van der Waals surface area contributed by atoms with Crippen LogP contribution in [-0.2, 0) is 4.79 Å². The van der Waals surface area contributed by atoms with Crippen molar-refractivity contribution in [3.8, 4) is 17.2 Å². The minimum Gasteiger partial charge on any atom is -0.496 e. The molecule has 0 saturated heterocycles. The Morgan fingerprint density at radius 1 is 1.22 bits per heavy atom. The van der Waals surface area contributed by atoms with Gasteiger partial charge in [0.15, 0.2) is 11.5 Å². The molecule has 6 nitrogen and oxygen atoms in total. The van der Waals surface area contributed by atoms with E-state index in [1.807, 2.05) is 60.5 Å².